The summed E-state index contributed by atoms with van der Waals surface area (Å²) in [5, 5.41) is 2.75. The number of amides is 1. The number of para-hydroxylation sites is 1. The number of hydrogen-bond acceptors (Lipinski definition) is 9. The molecule has 1 aliphatic heterocycles. The number of nitrogens with one attached hydrogen (secondary N) is 1. The smallest absolute Gasteiger partial charge is 0.328 e. The van der Waals surface area contributed by atoms with Gasteiger partial charge in [0.05, 0.1) is 7.11 Å². The Labute approximate surface area is 229 Å². The zero-order valence-electron chi connectivity index (χ0n) is 23.0. The highest BCUT2D eigenvalue weighted by atomic mass is 16.7. The first-order valence-electron chi connectivity index (χ1n) is 13.4. The Morgan fingerprint density at radius 2 is 1.92 bits per heavy atom. The van der Waals surface area contributed by atoms with Crippen LogP contribution in [0.5, 0.6) is 17.2 Å². The minimum Gasteiger partial charge on any atom is -0.493 e. The lowest BCUT2D eigenvalue weighted by molar-refractivity contribution is -0.154. The Morgan fingerprint density at radius 3 is 2.62 bits per heavy atom. The predicted octanol–water partition coefficient (Wildman–Crippen LogP) is 4.46. The van der Waals surface area contributed by atoms with Crippen molar-refractivity contribution in [1.29, 1.82) is 0 Å². The molecule has 1 aromatic heterocycles. The highest BCUT2D eigenvalue weighted by Crippen LogP contribution is 2.31. The molecule has 10 nitrogen and oxygen atoms in total. The van der Waals surface area contributed by atoms with E-state index >= 15 is 0 Å². The molecule has 10 heteroatoms. The molecule has 0 bridgehead atoms. The number of carbonyl (C=O) groups is 3. The van der Waals surface area contributed by atoms with Crippen molar-refractivity contribution in [3.05, 3.63) is 48.3 Å². The van der Waals surface area contributed by atoms with Gasteiger partial charge in [-0.3, -0.25) is 9.59 Å². The summed E-state index contributed by atoms with van der Waals surface area (Å²) >= 11 is 0. The van der Waals surface area contributed by atoms with E-state index in [0.717, 1.165) is 25.0 Å². The molecule has 0 saturated carbocycles. The molecule has 0 radical (unpaired) electrons. The zero-order valence-corrected chi connectivity index (χ0v) is 23.0. The van der Waals surface area contributed by atoms with Gasteiger partial charge in [-0.2, -0.15) is 0 Å². The van der Waals surface area contributed by atoms with Crippen LogP contribution in [0.4, 0.5) is 0 Å². The maximum Gasteiger partial charge on any atom is 0.328 e. The molecular formula is C29H38N2O8. The number of benzene rings is 1. The van der Waals surface area contributed by atoms with Crippen molar-refractivity contribution in [2.45, 2.75) is 77.5 Å². The zero-order chi connectivity index (χ0) is 28.2. The van der Waals surface area contributed by atoms with Crippen LogP contribution >= 0.6 is 0 Å². The van der Waals surface area contributed by atoms with Crippen molar-refractivity contribution in [3.8, 4) is 17.2 Å². The van der Waals surface area contributed by atoms with E-state index in [2.05, 4.69) is 17.2 Å². The first-order valence-corrected chi connectivity index (χ1v) is 13.4. The van der Waals surface area contributed by atoms with E-state index in [-0.39, 0.29) is 29.2 Å². The predicted molar refractivity (Wildman–Crippen MR) is 143 cm³/mol. The van der Waals surface area contributed by atoms with Crippen LogP contribution in [0.3, 0.4) is 0 Å². The van der Waals surface area contributed by atoms with Gasteiger partial charge in [-0.1, -0.05) is 38.0 Å². The Morgan fingerprint density at radius 1 is 1.15 bits per heavy atom. The van der Waals surface area contributed by atoms with Gasteiger partial charge in [0.2, 0.25) is 6.79 Å². The van der Waals surface area contributed by atoms with E-state index in [9.17, 15) is 14.4 Å². The molecule has 4 atom stereocenters. The number of aromatic nitrogens is 1. The molecular weight excluding hydrogens is 504 g/mol. The van der Waals surface area contributed by atoms with Crippen LogP contribution in [0.25, 0.3) is 0 Å². The summed E-state index contributed by atoms with van der Waals surface area (Å²) in [6, 6.07) is 10.3. The molecule has 1 aliphatic rings. The lowest BCUT2D eigenvalue weighted by atomic mass is 9.88. The molecule has 1 fully saturated rings. The van der Waals surface area contributed by atoms with E-state index in [1.54, 1.807) is 0 Å². The summed E-state index contributed by atoms with van der Waals surface area (Å²) in [7, 11) is 1.41. The molecule has 2 heterocycles. The number of hydrogen-bond donors (Lipinski definition) is 1. The van der Waals surface area contributed by atoms with E-state index < -0.39 is 36.8 Å². The second-order valence-corrected chi connectivity index (χ2v) is 9.46. The van der Waals surface area contributed by atoms with Crippen molar-refractivity contribution in [1.82, 2.24) is 10.3 Å². The monoisotopic (exact) mass is 542 g/mol. The molecule has 3 rings (SSSR count). The van der Waals surface area contributed by atoms with Crippen molar-refractivity contribution < 1.29 is 38.1 Å². The molecule has 1 aromatic carbocycles. The summed E-state index contributed by atoms with van der Waals surface area (Å²) in [4.78, 5) is 41.8. The van der Waals surface area contributed by atoms with Gasteiger partial charge in [0.15, 0.2) is 17.2 Å². The first-order chi connectivity index (χ1) is 18.8. The van der Waals surface area contributed by atoms with Crippen molar-refractivity contribution >= 4 is 17.8 Å². The topological polar surface area (TPSA) is 122 Å². The van der Waals surface area contributed by atoms with E-state index in [4.69, 9.17) is 23.7 Å². The first kappa shape index (κ1) is 29.7. The van der Waals surface area contributed by atoms with Gasteiger partial charge < -0.3 is 29.0 Å². The Bertz CT molecular complexity index is 1090. The van der Waals surface area contributed by atoms with Gasteiger partial charge in [0.25, 0.3) is 5.91 Å². The van der Waals surface area contributed by atoms with Crippen LogP contribution in [-0.4, -0.2) is 55.0 Å². The second-order valence-electron chi connectivity index (χ2n) is 9.46. The molecule has 0 spiro atoms. The summed E-state index contributed by atoms with van der Waals surface area (Å²) < 4.78 is 27.9. The average molecular weight is 543 g/mol. The molecule has 1 amide bonds. The SMILES string of the molecule is CCCC[C@H]1[C@H](C)OC(=O)[C@@H](NC(=O)c2nccc(OC)c2OCOC(C)=O)CCC[C@@H]1Oc1ccccc1. The fraction of sp³-hybridized carbons (Fsp3) is 0.517. The number of ether oxygens (including phenoxy) is 5. The van der Waals surface area contributed by atoms with Gasteiger partial charge in [-0.05, 0) is 44.7 Å². The third-order valence-electron chi connectivity index (χ3n) is 6.64. The van der Waals surface area contributed by atoms with E-state index in [1.165, 1.54) is 26.3 Å². The number of pyridine rings is 1. The number of unbranched alkanes of at least 4 members (excludes halogenated alkanes) is 1. The highest BCUT2D eigenvalue weighted by Gasteiger charge is 2.35. The van der Waals surface area contributed by atoms with Crippen LogP contribution in [0.2, 0.25) is 0 Å². The quantitative estimate of drug-likeness (QED) is 0.324. The minimum atomic E-state index is -0.892. The van der Waals surface area contributed by atoms with Crippen LogP contribution in [0, 0.1) is 5.92 Å². The minimum absolute atomic E-state index is 0.000457. The standard InChI is InChI=1S/C29H38N2O8/c1-5-6-13-22-19(2)38-29(34)23(14-10-15-24(22)39-21-11-8-7-9-12-21)31-28(33)26-27(37-18-36-20(3)32)25(35-4)16-17-30-26/h7-9,11-12,16-17,19,22-24H,5-6,10,13-15,18H2,1-4H3,(H,31,33)/t19-,22-,23-,24-/m0/s1. The van der Waals surface area contributed by atoms with Gasteiger partial charge in [0, 0.05) is 25.1 Å². The maximum absolute atomic E-state index is 13.3. The van der Waals surface area contributed by atoms with Crippen molar-refractivity contribution in [2.75, 3.05) is 13.9 Å². The number of rotatable bonds is 11. The Balaban J connectivity index is 1.77. The number of carbonyl (C=O) groups excluding carboxylic acids is 3. The van der Waals surface area contributed by atoms with Crippen LogP contribution in [0.15, 0.2) is 42.6 Å². The second kappa shape index (κ2) is 14.9. The summed E-state index contributed by atoms with van der Waals surface area (Å²) in [6.45, 7) is 4.82. The Hall–Kier alpha value is -3.82. The van der Waals surface area contributed by atoms with Gasteiger partial charge >= 0.3 is 11.9 Å². The molecule has 1 N–H and O–H groups in total. The lowest BCUT2D eigenvalue weighted by Gasteiger charge is -2.31. The number of nitrogens with zero attached hydrogens (tertiary/aromatic N) is 1. The van der Waals surface area contributed by atoms with Crippen LogP contribution < -0.4 is 19.5 Å². The third-order valence-corrected chi connectivity index (χ3v) is 6.64. The lowest BCUT2D eigenvalue weighted by Crippen LogP contribution is -2.44. The maximum atomic E-state index is 13.3. The normalized spacial score (nSPS) is 21.4. The third kappa shape index (κ3) is 8.59. The summed E-state index contributed by atoms with van der Waals surface area (Å²) in [6.07, 6.45) is 5.39. The molecule has 2 aromatic rings. The van der Waals surface area contributed by atoms with Crippen molar-refractivity contribution in [3.63, 3.8) is 0 Å². The number of cyclic esters (lactones) is 1. The fourth-order valence-corrected chi connectivity index (χ4v) is 4.61. The van der Waals surface area contributed by atoms with Crippen LogP contribution in [0.1, 0.15) is 69.8 Å². The van der Waals surface area contributed by atoms with Crippen LogP contribution in [-0.2, 0) is 19.1 Å². The molecule has 39 heavy (non-hydrogen) atoms. The van der Waals surface area contributed by atoms with Crippen molar-refractivity contribution in [2.24, 2.45) is 5.92 Å². The largest absolute Gasteiger partial charge is 0.493 e. The molecule has 0 unspecified atom stereocenters. The van der Waals surface area contributed by atoms with Gasteiger partial charge in [-0.15, -0.1) is 0 Å². The average Bonchev–Trinajstić information content (AvgIpc) is 2.96. The fourth-order valence-electron chi connectivity index (χ4n) is 4.61. The molecule has 0 aliphatic carbocycles. The molecule has 212 valence electrons. The highest BCUT2D eigenvalue weighted by molar-refractivity contribution is 5.98. The summed E-state index contributed by atoms with van der Waals surface area (Å²) in [5.41, 5.74) is -0.103. The van der Waals surface area contributed by atoms with Gasteiger partial charge in [-0.25, -0.2) is 9.78 Å². The number of esters is 2. The van der Waals surface area contributed by atoms with Gasteiger partial charge in [0.1, 0.15) is 24.0 Å². The Kier molecular flexibility index (Phi) is 11.4. The number of methoxy groups -OCH3 is 1. The van der Waals surface area contributed by atoms with E-state index in [1.807, 2.05) is 37.3 Å². The van der Waals surface area contributed by atoms with E-state index in [0.29, 0.717) is 19.3 Å². The summed E-state index contributed by atoms with van der Waals surface area (Å²) in [5.74, 6) is -0.685. The molecule has 1 saturated heterocycles.